The smallest absolute Gasteiger partial charge is 0.293 e. The van der Waals surface area contributed by atoms with Crippen LogP contribution in [0.5, 0.6) is 0 Å². The molecule has 1 N–H and O–H groups in total. The number of carbonyl (C=O) groups is 2. The van der Waals surface area contributed by atoms with E-state index in [4.69, 9.17) is 11.6 Å². The predicted molar refractivity (Wildman–Crippen MR) is 95.5 cm³/mol. The van der Waals surface area contributed by atoms with E-state index in [1.165, 1.54) is 24.3 Å². The largest absolute Gasteiger partial charge is 0.387 e. The van der Waals surface area contributed by atoms with Gasteiger partial charge in [0.1, 0.15) is 5.82 Å². The second kappa shape index (κ2) is 7.39. The van der Waals surface area contributed by atoms with Crippen LogP contribution >= 0.6 is 23.4 Å². The molecule has 25 heavy (non-hydrogen) atoms. The van der Waals surface area contributed by atoms with Crippen molar-refractivity contribution < 1.29 is 19.1 Å². The van der Waals surface area contributed by atoms with Crippen LogP contribution < -0.4 is 0 Å². The quantitative estimate of drug-likeness (QED) is 0.809. The third-order valence-corrected chi connectivity index (χ3v) is 4.81. The van der Waals surface area contributed by atoms with Crippen molar-refractivity contribution in [2.75, 3.05) is 6.54 Å². The van der Waals surface area contributed by atoms with E-state index in [0.717, 1.165) is 22.2 Å². The zero-order valence-electron chi connectivity index (χ0n) is 12.9. The van der Waals surface area contributed by atoms with Gasteiger partial charge in [-0.25, -0.2) is 4.39 Å². The maximum Gasteiger partial charge on any atom is 0.293 e. The number of nitrogens with zero attached hydrogens (tertiary/aromatic N) is 1. The molecule has 1 fully saturated rings. The zero-order chi connectivity index (χ0) is 18.0. The minimum atomic E-state index is -1.08. The summed E-state index contributed by atoms with van der Waals surface area (Å²) in [5.74, 6) is -0.890. The number of rotatable bonds is 4. The SMILES string of the molecule is O=C1SC(=Cc2ccc(Cl)cc2)C(=O)N1CC(O)c1ccc(F)cc1. The maximum atomic E-state index is 12.9. The average molecular weight is 378 g/mol. The number of imide groups is 1. The maximum absolute atomic E-state index is 12.9. The third kappa shape index (κ3) is 4.10. The Morgan fingerprint density at radius 1 is 1.12 bits per heavy atom. The first kappa shape index (κ1) is 17.7. The number of benzene rings is 2. The number of aliphatic hydroxyl groups excluding tert-OH is 1. The molecule has 2 aromatic rings. The minimum absolute atomic E-state index is 0.186. The van der Waals surface area contributed by atoms with Gasteiger partial charge in [0.15, 0.2) is 0 Å². The van der Waals surface area contributed by atoms with Gasteiger partial charge in [-0.3, -0.25) is 14.5 Å². The number of aliphatic hydroxyl groups is 1. The number of halogens is 2. The summed E-state index contributed by atoms with van der Waals surface area (Å²) in [6.07, 6.45) is 0.523. The fourth-order valence-corrected chi connectivity index (χ4v) is 3.31. The van der Waals surface area contributed by atoms with Crippen LogP contribution in [0, 0.1) is 5.82 Å². The molecule has 7 heteroatoms. The van der Waals surface area contributed by atoms with Crippen LogP contribution in [0.3, 0.4) is 0 Å². The van der Waals surface area contributed by atoms with Crippen molar-refractivity contribution in [1.29, 1.82) is 0 Å². The molecule has 0 saturated carbocycles. The van der Waals surface area contributed by atoms with Crippen LogP contribution in [0.4, 0.5) is 9.18 Å². The lowest BCUT2D eigenvalue weighted by Crippen LogP contribution is -2.32. The van der Waals surface area contributed by atoms with Crippen molar-refractivity contribution in [2.45, 2.75) is 6.10 Å². The molecule has 1 aliphatic rings. The lowest BCUT2D eigenvalue weighted by atomic mass is 10.1. The molecule has 4 nitrogen and oxygen atoms in total. The van der Waals surface area contributed by atoms with Gasteiger partial charge in [-0.15, -0.1) is 0 Å². The van der Waals surface area contributed by atoms with Gasteiger partial charge in [-0.1, -0.05) is 35.9 Å². The van der Waals surface area contributed by atoms with Gasteiger partial charge >= 0.3 is 0 Å². The fourth-order valence-electron chi connectivity index (χ4n) is 2.33. The lowest BCUT2D eigenvalue weighted by molar-refractivity contribution is -0.123. The Bertz CT molecular complexity index is 836. The Labute approximate surface area is 152 Å². The Morgan fingerprint density at radius 3 is 2.40 bits per heavy atom. The molecule has 1 saturated heterocycles. The minimum Gasteiger partial charge on any atom is -0.387 e. The first-order valence-electron chi connectivity index (χ1n) is 7.38. The van der Waals surface area contributed by atoms with Gasteiger partial charge in [0, 0.05) is 5.02 Å². The molecule has 0 aliphatic carbocycles. The summed E-state index contributed by atoms with van der Waals surface area (Å²) in [6.45, 7) is -0.186. The van der Waals surface area contributed by atoms with Crippen molar-refractivity contribution in [3.8, 4) is 0 Å². The molecular weight excluding hydrogens is 365 g/mol. The Hall–Kier alpha value is -2.15. The van der Waals surface area contributed by atoms with Crippen molar-refractivity contribution >= 4 is 40.6 Å². The molecule has 1 heterocycles. The molecular formula is C18H13ClFNO3S. The van der Waals surface area contributed by atoms with E-state index in [2.05, 4.69) is 0 Å². The fraction of sp³-hybridized carbons (Fsp3) is 0.111. The molecule has 2 aromatic carbocycles. The summed E-state index contributed by atoms with van der Waals surface area (Å²) in [5, 5.41) is 10.3. The topological polar surface area (TPSA) is 57.6 Å². The molecule has 0 bridgehead atoms. The van der Waals surface area contributed by atoms with Gasteiger partial charge in [0.2, 0.25) is 0 Å². The van der Waals surface area contributed by atoms with E-state index in [1.807, 2.05) is 0 Å². The highest BCUT2D eigenvalue weighted by atomic mass is 35.5. The van der Waals surface area contributed by atoms with Gasteiger partial charge < -0.3 is 5.11 Å². The van der Waals surface area contributed by atoms with E-state index < -0.39 is 23.1 Å². The molecule has 0 radical (unpaired) electrons. The molecule has 0 aromatic heterocycles. The Morgan fingerprint density at radius 2 is 1.76 bits per heavy atom. The first-order valence-corrected chi connectivity index (χ1v) is 8.58. The number of hydrogen-bond donors (Lipinski definition) is 1. The Kier molecular flexibility index (Phi) is 5.22. The molecule has 128 valence electrons. The van der Waals surface area contributed by atoms with Crippen molar-refractivity contribution in [3.63, 3.8) is 0 Å². The van der Waals surface area contributed by atoms with E-state index >= 15 is 0 Å². The average Bonchev–Trinajstić information content (AvgIpc) is 2.85. The summed E-state index contributed by atoms with van der Waals surface area (Å²) in [7, 11) is 0. The van der Waals surface area contributed by atoms with E-state index in [-0.39, 0.29) is 11.4 Å². The number of carbonyl (C=O) groups excluding carboxylic acids is 2. The monoisotopic (exact) mass is 377 g/mol. The number of hydrogen-bond acceptors (Lipinski definition) is 4. The van der Waals surface area contributed by atoms with Gasteiger partial charge in [0.05, 0.1) is 17.6 Å². The van der Waals surface area contributed by atoms with E-state index in [1.54, 1.807) is 30.3 Å². The van der Waals surface area contributed by atoms with Gasteiger partial charge in [0.25, 0.3) is 11.1 Å². The van der Waals surface area contributed by atoms with Crippen molar-refractivity contribution in [1.82, 2.24) is 4.90 Å². The number of β-amino-alcohol motifs (C(OH)–C–C–N with tert-alkyl or cyclic N) is 1. The molecule has 1 aliphatic heterocycles. The summed E-state index contributed by atoms with van der Waals surface area (Å²) < 4.78 is 12.9. The van der Waals surface area contributed by atoms with Crippen LogP contribution in [-0.4, -0.2) is 27.7 Å². The van der Waals surface area contributed by atoms with Crippen LogP contribution in [0.2, 0.25) is 5.02 Å². The van der Waals surface area contributed by atoms with Gasteiger partial charge in [-0.05, 0) is 53.2 Å². The number of amides is 2. The highest BCUT2D eigenvalue weighted by Gasteiger charge is 2.36. The second-order valence-corrected chi connectivity index (χ2v) is 6.84. The third-order valence-electron chi connectivity index (χ3n) is 3.65. The number of thioether (sulfide) groups is 1. The van der Waals surface area contributed by atoms with Crippen molar-refractivity contribution in [2.24, 2.45) is 0 Å². The normalized spacial score (nSPS) is 17.4. The summed E-state index contributed by atoms with van der Waals surface area (Å²) in [4.78, 5) is 25.8. The van der Waals surface area contributed by atoms with Crippen LogP contribution in [0.15, 0.2) is 53.4 Å². The molecule has 0 spiro atoms. The first-order chi connectivity index (χ1) is 11.9. The lowest BCUT2D eigenvalue weighted by Gasteiger charge is -2.17. The van der Waals surface area contributed by atoms with Crippen LogP contribution in [0.25, 0.3) is 6.08 Å². The van der Waals surface area contributed by atoms with E-state index in [0.29, 0.717) is 10.6 Å². The standard InChI is InChI=1S/C18H13ClFNO3S/c19-13-5-1-11(2-6-13)9-16-17(23)21(18(24)25-16)10-15(22)12-3-7-14(20)8-4-12/h1-9,15,22H,10H2. The molecule has 3 rings (SSSR count). The predicted octanol–water partition coefficient (Wildman–Crippen LogP) is 4.25. The molecule has 1 atom stereocenters. The van der Waals surface area contributed by atoms with E-state index in [9.17, 15) is 19.1 Å². The van der Waals surface area contributed by atoms with Crippen molar-refractivity contribution in [3.05, 3.63) is 75.4 Å². The zero-order valence-corrected chi connectivity index (χ0v) is 14.4. The van der Waals surface area contributed by atoms with Crippen LogP contribution in [-0.2, 0) is 4.79 Å². The summed E-state index contributed by atoms with van der Waals surface area (Å²) >= 11 is 6.64. The van der Waals surface area contributed by atoms with Gasteiger partial charge in [-0.2, -0.15) is 0 Å². The Balaban J connectivity index is 1.74. The summed E-state index contributed by atoms with van der Waals surface area (Å²) in [6, 6.07) is 12.1. The summed E-state index contributed by atoms with van der Waals surface area (Å²) in [5.41, 5.74) is 1.18. The van der Waals surface area contributed by atoms with Crippen LogP contribution in [0.1, 0.15) is 17.2 Å². The molecule has 2 amide bonds. The highest BCUT2D eigenvalue weighted by molar-refractivity contribution is 8.18. The second-order valence-electron chi connectivity index (χ2n) is 5.41. The highest BCUT2D eigenvalue weighted by Crippen LogP contribution is 2.33. The molecule has 1 unspecified atom stereocenters.